The lowest BCUT2D eigenvalue weighted by Crippen LogP contribution is -2.14. The lowest BCUT2D eigenvalue weighted by Gasteiger charge is -2.15. The molecular weight excluding hydrogens is 408 g/mol. The van der Waals surface area contributed by atoms with E-state index in [4.69, 9.17) is 21.6 Å². The molecule has 0 amide bonds. The second-order valence-corrected chi connectivity index (χ2v) is 9.91. The molecule has 2 aromatic carbocycles. The SMILES string of the molecule is CCN(C)C=Nc1cc(C)c(Oc2cccc(S(=O)(=NC#N)C(C)C)c2)cc1Cl. The Labute approximate surface area is 178 Å². The first kappa shape index (κ1) is 22.7. The van der Waals surface area contributed by atoms with Gasteiger partial charge in [-0.3, -0.25) is 0 Å². The molecule has 0 saturated heterocycles. The Morgan fingerprint density at radius 2 is 2.07 bits per heavy atom. The Hall–Kier alpha value is -2.56. The molecule has 0 aliphatic carbocycles. The molecule has 0 aliphatic heterocycles. The normalized spacial score (nSPS) is 13.2. The average molecular weight is 433 g/mol. The monoisotopic (exact) mass is 432 g/mol. The highest BCUT2D eigenvalue weighted by Gasteiger charge is 2.19. The van der Waals surface area contributed by atoms with Crippen molar-refractivity contribution >= 4 is 33.4 Å². The van der Waals surface area contributed by atoms with E-state index in [1.54, 1.807) is 56.7 Å². The van der Waals surface area contributed by atoms with Crippen molar-refractivity contribution in [3.8, 4) is 17.7 Å². The van der Waals surface area contributed by atoms with Gasteiger partial charge in [0.05, 0.1) is 31.7 Å². The zero-order valence-electron chi connectivity index (χ0n) is 17.2. The molecule has 0 spiro atoms. The number of aryl methyl sites for hydroxylation is 1. The van der Waals surface area contributed by atoms with Gasteiger partial charge in [-0.1, -0.05) is 17.7 Å². The summed E-state index contributed by atoms with van der Waals surface area (Å²) < 4.78 is 22.8. The Bertz CT molecular complexity index is 1070. The van der Waals surface area contributed by atoms with E-state index in [9.17, 15) is 4.21 Å². The van der Waals surface area contributed by atoms with Crippen molar-refractivity contribution in [1.29, 1.82) is 5.26 Å². The Balaban J connectivity index is 2.37. The Kier molecular flexibility index (Phi) is 7.66. The lowest BCUT2D eigenvalue weighted by molar-refractivity contribution is 0.477. The summed E-state index contributed by atoms with van der Waals surface area (Å²) in [5.74, 6) is 1.06. The van der Waals surface area contributed by atoms with Crippen LogP contribution in [0, 0.1) is 18.4 Å². The quantitative estimate of drug-likeness (QED) is 0.316. The number of halogens is 1. The van der Waals surface area contributed by atoms with Gasteiger partial charge in [-0.25, -0.2) is 9.20 Å². The molecule has 2 rings (SSSR count). The third-order valence-electron chi connectivity index (χ3n) is 4.32. The molecule has 0 fully saturated rings. The molecule has 0 aliphatic rings. The molecule has 0 bridgehead atoms. The fourth-order valence-electron chi connectivity index (χ4n) is 2.44. The number of benzene rings is 2. The van der Waals surface area contributed by atoms with E-state index < -0.39 is 9.73 Å². The minimum Gasteiger partial charge on any atom is -0.457 e. The Morgan fingerprint density at radius 3 is 2.69 bits per heavy atom. The van der Waals surface area contributed by atoms with E-state index in [-0.39, 0.29) is 5.25 Å². The van der Waals surface area contributed by atoms with E-state index >= 15 is 0 Å². The maximum atomic E-state index is 13.1. The molecule has 0 radical (unpaired) electrons. The number of rotatable bonds is 7. The van der Waals surface area contributed by atoms with Gasteiger partial charge in [-0.2, -0.15) is 5.26 Å². The van der Waals surface area contributed by atoms with Crippen molar-refractivity contribution in [2.24, 2.45) is 9.36 Å². The van der Waals surface area contributed by atoms with Crippen LogP contribution in [-0.2, 0) is 9.73 Å². The van der Waals surface area contributed by atoms with Crippen LogP contribution in [0.15, 0.2) is 50.6 Å². The smallest absolute Gasteiger partial charge is 0.214 e. The van der Waals surface area contributed by atoms with E-state index in [0.29, 0.717) is 27.1 Å². The van der Waals surface area contributed by atoms with Crippen LogP contribution < -0.4 is 4.74 Å². The van der Waals surface area contributed by atoms with Crippen LogP contribution in [0.5, 0.6) is 11.5 Å². The zero-order valence-corrected chi connectivity index (χ0v) is 18.8. The van der Waals surface area contributed by atoms with Crippen LogP contribution in [0.3, 0.4) is 0 Å². The van der Waals surface area contributed by atoms with E-state index in [1.807, 2.05) is 31.9 Å². The van der Waals surface area contributed by atoms with Crippen LogP contribution in [0.25, 0.3) is 0 Å². The van der Waals surface area contributed by atoms with Crippen molar-refractivity contribution in [3.05, 3.63) is 47.0 Å². The van der Waals surface area contributed by atoms with Crippen LogP contribution in [-0.4, -0.2) is 34.3 Å². The van der Waals surface area contributed by atoms with Crippen molar-refractivity contribution in [1.82, 2.24) is 4.90 Å². The van der Waals surface area contributed by atoms with E-state index in [1.165, 1.54) is 0 Å². The summed E-state index contributed by atoms with van der Waals surface area (Å²) in [4.78, 5) is 6.81. The number of hydrogen-bond donors (Lipinski definition) is 0. The highest BCUT2D eigenvalue weighted by Crippen LogP contribution is 2.35. The third-order valence-corrected chi connectivity index (χ3v) is 7.19. The van der Waals surface area contributed by atoms with Gasteiger partial charge < -0.3 is 9.64 Å². The third kappa shape index (κ3) is 5.49. The largest absolute Gasteiger partial charge is 0.457 e. The lowest BCUT2D eigenvalue weighted by atomic mass is 10.2. The summed E-state index contributed by atoms with van der Waals surface area (Å²) in [6.45, 7) is 8.33. The van der Waals surface area contributed by atoms with Gasteiger partial charge in [0, 0.05) is 24.9 Å². The van der Waals surface area contributed by atoms with Gasteiger partial charge in [-0.15, -0.1) is 4.36 Å². The number of hydrogen-bond acceptors (Lipinski definition) is 5. The maximum Gasteiger partial charge on any atom is 0.214 e. The van der Waals surface area contributed by atoms with Gasteiger partial charge in [0.2, 0.25) is 6.19 Å². The topological polar surface area (TPSA) is 78.0 Å². The van der Waals surface area contributed by atoms with Crippen molar-refractivity contribution in [3.63, 3.8) is 0 Å². The maximum absolute atomic E-state index is 13.1. The molecule has 0 aromatic heterocycles. The number of nitriles is 1. The van der Waals surface area contributed by atoms with Crippen LogP contribution in [0.4, 0.5) is 5.69 Å². The number of nitrogens with zero attached hydrogens (tertiary/aromatic N) is 4. The van der Waals surface area contributed by atoms with Crippen LogP contribution in [0.1, 0.15) is 26.3 Å². The molecule has 0 heterocycles. The molecule has 8 heteroatoms. The van der Waals surface area contributed by atoms with E-state index in [2.05, 4.69) is 9.36 Å². The minimum atomic E-state index is -2.86. The van der Waals surface area contributed by atoms with Crippen molar-refractivity contribution in [2.75, 3.05) is 13.6 Å². The molecule has 1 atom stereocenters. The molecule has 29 heavy (non-hydrogen) atoms. The number of aliphatic imine (C=N–C) groups is 1. The standard InChI is InChI=1S/C21H25ClN4O2S/c1-6-26(5)14-24-20-10-16(4)21(12-19(20)22)28-17-8-7-9-18(11-17)29(27,15(2)3)25-13-23/h7-12,14-15H,6H2,1-5H3. The summed E-state index contributed by atoms with van der Waals surface area (Å²) in [6, 6.07) is 10.4. The van der Waals surface area contributed by atoms with Gasteiger partial charge in [0.25, 0.3) is 0 Å². The fourth-order valence-corrected chi connectivity index (χ4v) is 4.18. The van der Waals surface area contributed by atoms with Crippen molar-refractivity contribution in [2.45, 2.75) is 37.8 Å². The minimum absolute atomic E-state index is 0.313. The fraction of sp³-hybridized carbons (Fsp3) is 0.333. The molecule has 0 N–H and O–H groups in total. The summed E-state index contributed by atoms with van der Waals surface area (Å²) in [7, 11) is -0.925. The second kappa shape index (κ2) is 9.77. The summed E-state index contributed by atoms with van der Waals surface area (Å²) >= 11 is 6.37. The van der Waals surface area contributed by atoms with E-state index in [0.717, 1.165) is 12.1 Å². The number of ether oxygens (including phenoxy) is 1. The Morgan fingerprint density at radius 1 is 1.34 bits per heavy atom. The first-order chi connectivity index (χ1) is 13.7. The predicted octanol–water partition coefficient (Wildman–Crippen LogP) is 5.77. The predicted molar refractivity (Wildman–Crippen MR) is 119 cm³/mol. The van der Waals surface area contributed by atoms with Gasteiger partial charge in [0.1, 0.15) is 11.5 Å². The summed E-state index contributed by atoms with van der Waals surface area (Å²) in [5, 5.41) is 9.10. The van der Waals surface area contributed by atoms with Gasteiger partial charge in [0.15, 0.2) is 0 Å². The first-order valence-corrected chi connectivity index (χ1v) is 11.1. The van der Waals surface area contributed by atoms with Gasteiger partial charge in [-0.05, 0) is 57.5 Å². The van der Waals surface area contributed by atoms with Crippen LogP contribution >= 0.6 is 11.6 Å². The first-order valence-electron chi connectivity index (χ1n) is 9.17. The zero-order chi connectivity index (χ0) is 21.6. The average Bonchev–Trinajstić information content (AvgIpc) is 2.69. The molecule has 2 aromatic rings. The molecule has 154 valence electrons. The molecule has 1 unspecified atom stereocenters. The highest BCUT2D eigenvalue weighted by molar-refractivity contribution is 7.94. The molecule has 6 nitrogen and oxygen atoms in total. The molecular formula is C21H25ClN4O2S. The highest BCUT2D eigenvalue weighted by atomic mass is 35.5. The second-order valence-electron chi connectivity index (χ2n) is 6.77. The summed E-state index contributed by atoms with van der Waals surface area (Å²) in [6.07, 6.45) is 3.41. The molecule has 0 saturated carbocycles. The van der Waals surface area contributed by atoms with Crippen LogP contribution in [0.2, 0.25) is 5.02 Å². The summed E-state index contributed by atoms with van der Waals surface area (Å²) in [5.41, 5.74) is 1.51. The van der Waals surface area contributed by atoms with Gasteiger partial charge >= 0.3 is 0 Å². The van der Waals surface area contributed by atoms with Crippen molar-refractivity contribution < 1.29 is 8.95 Å².